The minimum atomic E-state index is -1.36. The molecule has 2 aromatic rings. The first-order chi connectivity index (χ1) is 11.1. The van der Waals surface area contributed by atoms with E-state index in [1.807, 2.05) is 24.4 Å². The lowest BCUT2D eigenvalue weighted by atomic mass is 9.75. The lowest BCUT2D eigenvalue weighted by Gasteiger charge is -2.29. The first-order valence-corrected chi connectivity index (χ1v) is 7.45. The second-order valence-corrected chi connectivity index (χ2v) is 5.87. The molecule has 1 atom stereocenters. The van der Waals surface area contributed by atoms with E-state index in [0.29, 0.717) is 0 Å². The normalized spacial score (nSPS) is 19.0. The van der Waals surface area contributed by atoms with Crippen molar-refractivity contribution in [3.05, 3.63) is 48.2 Å². The zero-order valence-electron chi connectivity index (χ0n) is 13.2. The van der Waals surface area contributed by atoms with E-state index in [2.05, 4.69) is 11.6 Å². The number of carbonyl (C=O) groups excluding carboxylic acids is 2. The van der Waals surface area contributed by atoms with Crippen molar-refractivity contribution in [2.24, 2.45) is 5.41 Å². The molecule has 0 saturated heterocycles. The summed E-state index contributed by atoms with van der Waals surface area (Å²) in [7, 11) is 2.59. The summed E-state index contributed by atoms with van der Waals surface area (Å²) in [4.78, 5) is 28.3. The highest BCUT2D eigenvalue weighted by molar-refractivity contribution is 6.02. The van der Waals surface area contributed by atoms with Crippen LogP contribution in [0, 0.1) is 5.41 Å². The number of hydrogen-bond acceptors (Lipinski definition) is 4. The van der Waals surface area contributed by atoms with Crippen LogP contribution in [-0.2, 0) is 25.5 Å². The van der Waals surface area contributed by atoms with Crippen molar-refractivity contribution in [3.8, 4) is 0 Å². The highest BCUT2D eigenvalue weighted by atomic mass is 16.5. The minimum Gasteiger partial charge on any atom is -0.468 e. The molecule has 0 amide bonds. The predicted molar refractivity (Wildman–Crippen MR) is 86.0 cm³/mol. The molecule has 5 heteroatoms. The van der Waals surface area contributed by atoms with Gasteiger partial charge in [0, 0.05) is 23.0 Å². The molecule has 0 aliphatic heterocycles. The molecule has 1 aliphatic carbocycles. The maximum Gasteiger partial charge on any atom is 0.323 e. The van der Waals surface area contributed by atoms with Crippen molar-refractivity contribution in [1.82, 2.24) is 4.98 Å². The van der Waals surface area contributed by atoms with Crippen LogP contribution in [0.4, 0.5) is 0 Å². The van der Waals surface area contributed by atoms with Crippen molar-refractivity contribution in [1.29, 1.82) is 0 Å². The van der Waals surface area contributed by atoms with Crippen molar-refractivity contribution in [2.75, 3.05) is 14.2 Å². The van der Waals surface area contributed by atoms with Crippen molar-refractivity contribution < 1.29 is 19.1 Å². The molecule has 1 heterocycles. The monoisotopic (exact) mass is 313 g/mol. The molecule has 5 nitrogen and oxygen atoms in total. The molecule has 1 aromatic heterocycles. The maximum atomic E-state index is 12.5. The smallest absolute Gasteiger partial charge is 0.323 e. The third-order valence-electron chi connectivity index (χ3n) is 4.72. The van der Waals surface area contributed by atoms with E-state index in [-0.39, 0.29) is 18.8 Å². The molecule has 0 bridgehead atoms. The van der Waals surface area contributed by atoms with Crippen LogP contribution in [0.3, 0.4) is 0 Å². The van der Waals surface area contributed by atoms with Crippen LogP contribution in [-0.4, -0.2) is 31.1 Å². The fourth-order valence-electron chi connectivity index (χ4n) is 3.61. The number of methoxy groups -OCH3 is 2. The van der Waals surface area contributed by atoms with Gasteiger partial charge in [0.05, 0.1) is 14.2 Å². The molecule has 3 rings (SSSR count). The lowest BCUT2D eigenvalue weighted by molar-refractivity contribution is -0.169. The topological polar surface area (TPSA) is 68.4 Å². The number of hydrogen-bond donors (Lipinski definition) is 1. The molecule has 23 heavy (non-hydrogen) atoms. The molecule has 0 saturated carbocycles. The summed E-state index contributed by atoms with van der Waals surface area (Å²) in [6.07, 6.45) is 4.22. The van der Waals surface area contributed by atoms with Gasteiger partial charge < -0.3 is 14.5 Å². The lowest BCUT2D eigenvalue weighted by Crippen LogP contribution is -2.43. The summed E-state index contributed by atoms with van der Waals surface area (Å²) in [5.74, 6) is -1.28. The van der Waals surface area contributed by atoms with Gasteiger partial charge in [-0.3, -0.25) is 9.59 Å². The largest absolute Gasteiger partial charge is 0.468 e. The number of H-pyrrole nitrogens is 1. The van der Waals surface area contributed by atoms with Crippen LogP contribution in [0.15, 0.2) is 37.1 Å². The van der Waals surface area contributed by atoms with E-state index in [1.165, 1.54) is 14.2 Å². The molecule has 0 unspecified atom stereocenters. The number of allylic oxidation sites excluding steroid dienone is 1. The zero-order valence-corrected chi connectivity index (χ0v) is 13.2. The molecule has 1 aliphatic rings. The third kappa shape index (κ3) is 2.15. The molecule has 120 valence electrons. The predicted octanol–water partition coefficient (Wildman–Crippen LogP) is 2.72. The van der Waals surface area contributed by atoms with Crippen LogP contribution in [0.1, 0.15) is 23.5 Å². The Morgan fingerprint density at radius 3 is 2.61 bits per heavy atom. The Kier molecular flexibility index (Phi) is 3.72. The van der Waals surface area contributed by atoms with Gasteiger partial charge in [-0.1, -0.05) is 18.2 Å². The number of ether oxygens (including phenoxy) is 2. The molecule has 0 fully saturated rings. The SMILES string of the molecule is C=C[C@H]1CC(C(=O)OC)(C(=O)OC)Cc2cccc3[nH]cc1c23. The summed E-state index contributed by atoms with van der Waals surface area (Å²) >= 11 is 0. The van der Waals surface area contributed by atoms with Crippen LogP contribution in [0.2, 0.25) is 0 Å². The molecule has 1 N–H and O–H groups in total. The Bertz CT molecular complexity index is 773. The number of carbonyl (C=O) groups is 2. The van der Waals surface area contributed by atoms with E-state index in [1.54, 1.807) is 6.08 Å². The van der Waals surface area contributed by atoms with Crippen LogP contribution < -0.4 is 0 Å². The zero-order chi connectivity index (χ0) is 16.6. The van der Waals surface area contributed by atoms with Gasteiger partial charge in [-0.2, -0.15) is 0 Å². The van der Waals surface area contributed by atoms with E-state index in [0.717, 1.165) is 22.0 Å². The molecular formula is C18H19NO4. The Morgan fingerprint density at radius 1 is 1.30 bits per heavy atom. The Morgan fingerprint density at radius 2 is 2.00 bits per heavy atom. The van der Waals surface area contributed by atoms with Gasteiger partial charge >= 0.3 is 11.9 Å². The van der Waals surface area contributed by atoms with Gasteiger partial charge in [-0.15, -0.1) is 6.58 Å². The van der Waals surface area contributed by atoms with Gasteiger partial charge in [0.15, 0.2) is 5.41 Å². The molecule has 0 spiro atoms. The van der Waals surface area contributed by atoms with Gasteiger partial charge in [-0.25, -0.2) is 0 Å². The fraction of sp³-hybridized carbons (Fsp3) is 0.333. The molecule has 1 aromatic carbocycles. The van der Waals surface area contributed by atoms with Gasteiger partial charge in [0.1, 0.15) is 0 Å². The van der Waals surface area contributed by atoms with E-state index in [9.17, 15) is 9.59 Å². The van der Waals surface area contributed by atoms with Crippen molar-refractivity contribution in [3.63, 3.8) is 0 Å². The van der Waals surface area contributed by atoms with E-state index < -0.39 is 17.4 Å². The van der Waals surface area contributed by atoms with Crippen LogP contribution in [0.25, 0.3) is 10.9 Å². The van der Waals surface area contributed by atoms with Gasteiger partial charge in [0.2, 0.25) is 0 Å². The van der Waals surface area contributed by atoms with E-state index >= 15 is 0 Å². The van der Waals surface area contributed by atoms with Crippen LogP contribution in [0.5, 0.6) is 0 Å². The van der Waals surface area contributed by atoms with E-state index in [4.69, 9.17) is 9.47 Å². The minimum absolute atomic E-state index is 0.148. The van der Waals surface area contributed by atoms with Crippen LogP contribution >= 0.6 is 0 Å². The average Bonchev–Trinajstić information content (AvgIpc) is 2.95. The number of nitrogens with one attached hydrogen (secondary N) is 1. The fourth-order valence-corrected chi connectivity index (χ4v) is 3.61. The highest BCUT2D eigenvalue weighted by Crippen LogP contribution is 2.45. The summed E-state index contributed by atoms with van der Waals surface area (Å²) < 4.78 is 9.91. The third-order valence-corrected chi connectivity index (χ3v) is 4.72. The quantitative estimate of drug-likeness (QED) is 0.537. The average molecular weight is 313 g/mol. The van der Waals surface area contributed by atoms with Gasteiger partial charge in [-0.05, 0) is 30.0 Å². The second kappa shape index (κ2) is 5.57. The molecule has 0 radical (unpaired) electrons. The Labute approximate surface area is 134 Å². The standard InChI is InChI=1S/C18H19NO4/c1-4-11-8-18(16(20)22-2,17(21)23-3)9-12-6-5-7-14-15(12)13(11)10-19-14/h4-7,10-11,19H,1,8-9H2,2-3H3/t11-/m0/s1. The van der Waals surface area contributed by atoms with Crippen molar-refractivity contribution in [2.45, 2.75) is 18.8 Å². The first kappa shape index (κ1) is 15.3. The summed E-state index contributed by atoms with van der Waals surface area (Å²) in [6.45, 7) is 3.88. The Hall–Kier alpha value is -2.56. The summed E-state index contributed by atoms with van der Waals surface area (Å²) in [5, 5.41) is 1.05. The number of aromatic nitrogens is 1. The highest BCUT2D eigenvalue weighted by Gasteiger charge is 2.51. The Balaban J connectivity index is 2.26. The van der Waals surface area contributed by atoms with Gasteiger partial charge in [0.25, 0.3) is 0 Å². The maximum absolute atomic E-state index is 12.5. The summed E-state index contributed by atoms with van der Waals surface area (Å²) in [6, 6.07) is 5.82. The molecular weight excluding hydrogens is 294 g/mol. The summed E-state index contributed by atoms with van der Waals surface area (Å²) in [5.41, 5.74) is 1.59. The number of benzene rings is 1. The first-order valence-electron chi connectivity index (χ1n) is 7.45. The number of esters is 2. The number of rotatable bonds is 3. The van der Waals surface area contributed by atoms with Crippen molar-refractivity contribution >= 4 is 22.8 Å². The number of aromatic amines is 1. The second-order valence-electron chi connectivity index (χ2n) is 5.87.